The molecule has 3 rings (SSSR count). The summed E-state index contributed by atoms with van der Waals surface area (Å²) in [4.78, 5) is 32.1. The molecule has 2 aliphatic rings. The Kier molecular flexibility index (Phi) is 2.87. The number of H-pyrrole nitrogens is 1. The maximum atomic E-state index is 12.0. The van der Waals surface area contributed by atoms with Crippen LogP contribution < -0.4 is 5.32 Å². The van der Waals surface area contributed by atoms with Gasteiger partial charge in [-0.2, -0.15) is 0 Å². The number of hydrogen-bond donors (Lipinski definition) is 2. The average Bonchev–Trinajstić information content (AvgIpc) is 2.95. The van der Waals surface area contributed by atoms with Crippen LogP contribution in [-0.2, 0) is 16.0 Å². The summed E-state index contributed by atoms with van der Waals surface area (Å²) in [5, 5.41) is 3.15. The van der Waals surface area contributed by atoms with Crippen LogP contribution in [0.25, 0.3) is 0 Å². The van der Waals surface area contributed by atoms with Crippen molar-refractivity contribution in [2.75, 3.05) is 6.54 Å². The number of nitrogens with one attached hydrogen (secondary N) is 2. The molecule has 1 unspecified atom stereocenters. The Hall–Kier alpha value is -1.69. The van der Waals surface area contributed by atoms with Gasteiger partial charge in [0.25, 0.3) is 0 Å². The molecular weight excluding hydrogens is 232 g/mol. The molecule has 0 aromatic carbocycles. The van der Waals surface area contributed by atoms with Crippen molar-refractivity contribution in [3.8, 4) is 0 Å². The number of rotatable bonds is 5. The van der Waals surface area contributed by atoms with Crippen LogP contribution in [0.3, 0.4) is 0 Å². The smallest absolute Gasteiger partial charge is 0.247 e. The fourth-order valence-electron chi connectivity index (χ4n) is 2.33. The number of hydrogen-bond acceptors (Lipinski definition) is 4. The molecule has 1 saturated heterocycles. The monoisotopic (exact) mass is 248 g/mol. The van der Waals surface area contributed by atoms with Crippen molar-refractivity contribution in [3.05, 3.63) is 18.2 Å². The minimum Gasteiger partial charge on any atom is -0.348 e. The number of amides is 2. The van der Waals surface area contributed by atoms with Gasteiger partial charge >= 0.3 is 0 Å². The summed E-state index contributed by atoms with van der Waals surface area (Å²) < 4.78 is 0. The molecule has 0 bridgehead atoms. The van der Waals surface area contributed by atoms with E-state index < -0.39 is 0 Å². The predicted octanol–water partition coefficient (Wildman–Crippen LogP) is -0.168. The Labute approximate surface area is 105 Å². The molecule has 2 amide bonds. The Morgan fingerprint density at radius 1 is 1.44 bits per heavy atom. The standard InChI is InChI=1S/C12H16N4O2/c17-11-5-10(12(18)16(11)9-1-2-9)14-4-3-8-6-13-7-15-8/h6-7,9-10,14H,1-5H2,(H,13,15). The maximum absolute atomic E-state index is 12.0. The number of aromatic amines is 1. The molecule has 6 heteroatoms. The van der Waals surface area contributed by atoms with Gasteiger partial charge in [-0.25, -0.2) is 4.98 Å². The van der Waals surface area contributed by atoms with Crippen LogP contribution in [0.1, 0.15) is 25.0 Å². The third kappa shape index (κ3) is 2.15. The van der Waals surface area contributed by atoms with Crippen molar-refractivity contribution < 1.29 is 9.59 Å². The Balaban J connectivity index is 1.51. The van der Waals surface area contributed by atoms with Gasteiger partial charge in [-0.05, 0) is 12.8 Å². The van der Waals surface area contributed by atoms with Crippen molar-refractivity contribution in [2.45, 2.75) is 37.8 Å². The number of aromatic nitrogens is 2. The highest BCUT2D eigenvalue weighted by molar-refractivity contribution is 6.06. The summed E-state index contributed by atoms with van der Waals surface area (Å²) in [6.07, 6.45) is 6.42. The van der Waals surface area contributed by atoms with Gasteiger partial charge in [-0.1, -0.05) is 0 Å². The van der Waals surface area contributed by atoms with Gasteiger partial charge in [-0.15, -0.1) is 0 Å². The molecule has 2 heterocycles. The molecule has 1 aliphatic heterocycles. The van der Waals surface area contributed by atoms with Crippen LogP contribution in [-0.4, -0.2) is 45.3 Å². The van der Waals surface area contributed by atoms with Crippen molar-refractivity contribution in [2.24, 2.45) is 0 Å². The lowest BCUT2D eigenvalue weighted by Gasteiger charge is -2.14. The van der Waals surface area contributed by atoms with E-state index in [0.717, 1.165) is 25.0 Å². The first-order valence-corrected chi connectivity index (χ1v) is 6.32. The number of nitrogens with zero attached hydrogens (tertiary/aromatic N) is 2. The molecule has 6 nitrogen and oxygen atoms in total. The molecule has 1 saturated carbocycles. The van der Waals surface area contributed by atoms with E-state index in [9.17, 15) is 9.59 Å². The van der Waals surface area contributed by atoms with Gasteiger partial charge < -0.3 is 10.3 Å². The van der Waals surface area contributed by atoms with E-state index in [1.54, 1.807) is 12.5 Å². The summed E-state index contributed by atoms with van der Waals surface area (Å²) in [6.45, 7) is 0.671. The van der Waals surface area contributed by atoms with Crippen molar-refractivity contribution in [3.63, 3.8) is 0 Å². The number of carbonyl (C=O) groups is 2. The second-order valence-electron chi connectivity index (χ2n) is 4.87. The molecule has 2 N–H and O–H groups in total. The topological polar surface area (TPSA) is 78.1 Å². The molecule has 1 aromatic heterocycles. The van der Waals surface area contributed by atoms with Crippen molar-refractivity contribution >= 4 is 11.8 Å². The quantitative estimate of drug-likeness (QED) is 0.709. The van der Waals surface area contributed by atoms with Crippen LogP contribution in [0.5, 0.6) is 0 Å². The third-order valence-electron chi connectivity index (χ3n) is 3.43. The SMILES string of the molecule is O=C1CC(NCCc2cnc[nH]2)C(=O)N1C1CC1. The lowest BCUT2D eigenvalue weighted by molar-refractivity contribution is -0.139. The number of carbonyl (C=O) groups excluding carboxylic acids is 2. The lowest BCUT2D eigenvalue weighted by Crippen LogP contribution is -2.40. The van der Waals surface area contributed by atoms with E-state index in [2.05, 4.69) is 15.3 Å². The average molecular weight is 248 g/mol. The van der Waals surface area contributed by atoms with Crippen molar-refractivity contribution in [1.82, 2.24) is 20.2 Å². The predicted molar refractivity (Wildman–Crippen MR) is 63.6 cm³/mol. The van der Waals surface area contributed by atoms with E-state index in [4.69, 9.17) is 0 Å². The first kappa shape index (κ1) is 11.4. The number of imidazole rings is 1. The van der Waals surface area contributed by atoms with Crippen LogP contribution >= 0.6 is 0 Å². The van der Waals surface area contributed by atoms with Gasteiger partial charge in [0.05, 0.1) is 18.8 Å². The summed E-state index contributed by atoms with van der Waals surface area (Å²) >= 11 is 0. The molecule has 0 spiro atoms. The van der Waals surface area contributed by atoms with Gasteiger partial charge in [0, 0.05) is 30.9 Å². The molecule has 0 radical (unpaired) electrons. The van der Waals surface area contributed by atoms with E-state index >= 15 is 0 Å². The fraction of sp³-hybridized carbons (Fsp3) is 0.583. The summed E-state index contributed by atoms with van der Waals surface area (Å²) in [5.74, 6) is -0.0753. The Morgan fingerprint density at radius 3 is 2.94 bits per heavy atom. The summed E-state index contributed by atoms with van der Waals surface area (Å²) in [6, 6.07) is -0.148. The molecule has 1 aliphatic carbocycles. The second kappa shape index (κ2) is 4.53. The Bertz CT molecular complexity index is 453. The number of likely N-dealkylation sites (tertiary alicyclic amines) is 1. The van der Waals surface area contributed by atoms with Crippen LogP contribution in [0.15, 0.2) is 12.5 Å². The van der Waals surface area contributed by atoms with E-state index in [1.165, 1.54) is 4.90 Å². The zero-order chi connectivity index (χ0) is 12.5. The van der Waals surface area contributed by atoms with Crippen LogP contribution in [0, 0.1) is 0 Å². The lowest BCUT2D eigenvalue weighted by atomic mass is 10.2. The first-order chi connectivity index (χ1) is 8.75. The van der Waals surface area contributed by atoms with Gasteiger partial charge in [0.15, 0.2) is 0 Å². The Morgan fingerprint density at radius 2 is 2.28 bits per heavy atom. The number of imide groups is 1. The minimum absolute atomic E-state index is 0.0264. The summed E-state index contributed by atoms with van der Waals surface area (Å²) in [5.41, 5.74) is 1.03. The normalized spacial score (nSPS) is 24.0. The van der Waals surface area contributed by atoms with E-state index in [1.807, 2.05) is 0 Å². The van der Waals surface area contributed by atoms with Crippen LogP contribution in [0.2, 0.25) is 0 Å². The molecular formula is C12H16N4O2. The third-order valence-corrected chi connectivity index (χ3v) is 3.43. The van der Waals surface area contributed by atoms with Crippen LogP contribution in [0.4, 0.5) is 0 Å². The van der Waals surface area contributed by atoms with Gasteiger partial charge in [0.2, 0.25) is 11.8 Å². The highest BCUT2D eigenvalue weighted by Gasteiger charge is 2.45. The molecule has 1 aromatic rings. The maximum Gasteiger partial charge on any atom is 0.247 e. The molecule has 1 atom stereocenters. The zero-order valence-corrected chi connectivity index (χ0v) is 10.1. The highest BCUT2D eigenvalue weighted by atomic mass is 16.2. The second-order valence-corrected chi connectivity index (χ2v) is 4.87. The van der Waals surface area contributed by atoms with Crippen molar-refractivity contribution in [1.29, 1.82) is 0 Å². The summed E-state index contributed by atoms with van der Waals surface area (Å²) in [7, 11) is 0. The highest BCUT2D eigenvalue weighted by Crippen LogP contribution is 2.31. The minimum atomic E-state index is -0.332. The molecule has 18 heavy (non-hydrogen) atoms. The largest absolute Gasteiger partial charge is 0.348 e. The van der Waals surface area contributed by atoms with E-state index in [-0.39, 0.29) is 23.9 Å². The van der Waals surface area contributed by atoms with Gasteiger partial charge in [-0.3, -0.25) is 14.5 Å². The fourth-order valence-corrected chi connectivity index (χ4v) is 2.33. The van der Waals surface area contributed by atoms with E-state index in [0.29, 0.717) is 13.0 Å². The molecule has 96 valence electrons. The first-order valence-electron chi connectivity index (χ1n) is 6.32. The molecule has 2 fully saturated rings. The zero-order valence-electron chi connectivity index (χ0n) is 10.1. The van der Waals surface area contributed by atoms with Gasteiger partial charge in [0.1, 0.15) is 0 Å².